The topological polar surface area (TPSA) is 29.3 Å². The summed E-state index contributed by atoms with van der Waals surface area (Å²) in [7, 11) is 1.96. The van der Waals surface area contributed by atoms with E-state index in [1.54, 1.807) is 0 Å². The Labute approximate surface area is 89.1 Å². The highest BCUT2D eigenvalue weighted by Gasteiger charge is 2.28. The minimum Gasteiger partial charge on any atom is -0.314 e. The quantitative estimate of drug-likeness (QED) is 0.822. The van der Waals surface area contributed by atoms with Crippen molar-refractivity contribution >= 4 is 5.52 Å². The predicted molar refractivity (Wildman–Crippen MR) is 59.9 cm³/mol. The molecule has 0 amide bonds. The minimum absolute atomic E-state index is 0.700. The van der Waals surface area contributed by atoms with Crippen LogP contribution in [0.2, 0.25) is 0 Å². The van der Waals surface area contributed by atoms with E-state index in [1.807, 2.05) is 7.05 Å². The molecule has 2 aromatic heterocycles. The van der Waals surface area contributed by atoms with Crippen LogP contribution >= 0.6 is 0 Å². The third-order valence-electron chi connectivity index (χ3n) is 2.94. The maximum atomic E-state index is 4.74. The largest absolute Gasteiger partial charge is 0.314 e. The van der Waals surface area contributed by atoms with Crippen LogP contribution in [0.5, 0.6) is 0 Å². The lowest BCUT2D eigenvalue weighted by Gasteiger charge is -1.97. The van der Waals surface area contributed by atoms with Crippen molar-refractivity contribution < 1.29 is 0 Å². The van der Waals surface area contributed by atoms with Crippen LogP contribution in [0.25, 0.3) is 5.52 Å². The standard InChI is InChI=1S/C12H15N3/c1-13-8-10-11-4-2-3-7-15(11)12(14-10)9-5-6-9/h2-4,7,9,13H,5-6,8H2,1H3. The lowest BCUT2D eigenvalue weighted by molar-refractivity contribution is 0.795. The number of hydrogen-bond acceptors (Lipinski definition) is 2. The molecule has 2 aromatic rings. The SMILES string of the molecule is CNCc1nc(C2CC2)n2ccccc12. The Balaban J connectivity index is 2.18. The van der Waals surface area contributed by atoms with Gasteiger partial charge >= 0.3 is 0 Å². The van der Waals surface area contributed by atoms with Crippen LogP contribution in [0.4, 0.5) is 0 Å². The number of hydrogen-bond donors (Lipinski definition) is 1. The Bertz CT molecular complexity index is 483. The van der Waals surface area contributed by atoms with E-state index in [2.05, 4.69) is 34.1 Å². The molecule has 0 radical (unpaired) electrons. The number of nitrogens with zero attached hydrogens (tertiary/aromatic N) is 2. The first-order chi connectivity index (χ1) is 7.40. The molecule has 3 nitrogen and oxygen atoms in total. The molecule has 0 atom stereocenters. The minimum atomic E-state index is 0.700. The molecule has 0 aromatic carbocycles. The van der Waals surface area contributed by atoms with Gasteiger partial charge in [-0.15, -0.1) is 0 Å². The van der Waals surface area contributed by atoms with Gasteiger partial charge in [0.1, 0.15) is 5.82 Å². The summed E-state index contributed by atoms with van der Waals surface area (Å²) in [6.45, 7) is 0.847. The van der Waals surface area contributed by atoms with E-state index in [0.29, 0.717) is 5.92 Å². The summed E-state index contributed by atoms with van der Waals surface area (Å²) in [6, 6.07) is 6.29. The molecular weight excluding hydrogens is 186 g/mol. The molecule has 3 heteroatoms. The molecule has 3 rings (SSSR count). The van der Waals surface area contributed by atoms with Gasteiger partial charge in [-0.25, -0.2) is 4.98 Å². The fourth-order valence-electron chi connectivity index (χ4n) is 2.05. The summed E-state index contributed by atoms with van der Waals surface area (Å²) in [5.74, 6) is 1.95. The number of aromatic nitrogens is 2. The van der Waals surface area contributed by atoms with E-state index in [-0.39, 0.29) is 0 Å². The third kappa shape index (κ3) is 1.43. The van der Waals surface area contributed by atoms with Crippen LogP contribution in [0.1, 0.15) is 30.3 Å². The number of fused-ring (bicyclic) bond motifs is 1. The van der Waals surface area contributed by atoms with Crippen LogP contribution in [-0.2, 0) is 6.54 Å². The second-order valence-electron chi connectivity index (χ2n) is 4.18. The smallest absolute Gasteiger partial charge is 0.116 e. The van der Waals surface area contributed by atoms with Crippen molar-refractivity contribution in [1.29, 1.82) is 0 Å². The molecule has 0 aliphatic heterocycles. The fraction of sp³-hybridized carbons (Fsp3) is 0.417. The molecule has 1 aliphatic carbocycles. The summed E-state index contributed by atoms with van der Waals surface area (Å²) in [5.41, 5.74) is 2.41. The first kappa shape index (κ1) is 8.92. The zero-order chi connectivity index (χ0) is 10.3. The monoisotopic (exact) mass is 201 g/mol. The van der Waals surface area contributed by atoms with Crippen LogP contribution < -0.4 is 5.32 Å². The van der Waals surface area contributed by atoms with Crippen molar-refractivity contribution in [2.24, 2.45) is 0 Å². The van der Waals surface area contributed by atoms with Crippen molar-refractivity contribution in [3.8, 4) is 0 Å². The van der Waals surface area contributed by atoms with Crippen LogP contribution in [0.15, 0.2) is 24.4 Å². The molecule has 0 unspecified atom stereocenters. The molecule has 1 aliphatic rings. The van der Waals surface area contributed by atoms with Gasteiger partial charge in [0.05, 0.1) is 11.2 Å². The van der Waals surface area contributed by atoms with Gasteiger partial charge in [0.25, 0.3) is 0 Å². The van der Waals surface area contributed by atoms with Crippen LogP contribution in [-0.4, -0.2) is 16.4 Å². The number of rotatable bonds is 3. The zero-order valence-electron chi connectivity index (χ0n) is 8.90. The Morgan fingerprint density at radius 1 is 1.47 bits per heavy atom. The van der Waals surface area contributed by atoms with Crippen molar-refractivity contribution in [2.75, 3.05) is 7.05 Å². The molecule has 0 saturated heterocycles. The Morgan fingerprint density at radius 3 is 3.07 bits per heavy atom. The third-order valence-corrected chi connectivity index (χ3v) is 2.94. The highest BCUT2D eigenvalue weighted by atomic mass is 15.0. The van der Waals surface area contributed by atoms with E-state index in [1.165, 1.54) is 29.9 Å². The van der Waals surface area contributed by atoms with Crippen LogP contribution in [0.3, 0.4) is 0 Å². The molecule has 1 N–H and O–H groups in total. The summed E-state index contributed by atoms with van der Waals surface area (Å²) in [5, 5.41) is 3.17. The van der Waals surface area contributed by atoms with Gasteiger partial charge in [0.15, 0.2) is 0 Å². The van der Waals surface area contributed by atoms with Crippen molar-refractivity contribution in [1.82, 2.24) is 14.7 Å². The van der Waals surface area contributed by atoms with Crippen molar-refractivity contribution in [2.45, 2.75) is 25.3 Å². The molecule has 2 heterocycles. The van der Waals surface area contributed by atoms with Crippen molar-refractivity contribution in [3.05, 3.63) is 35.9 Å². The summed E-state index contributed by atoms with van der Waals surface area (Å²) >= 11 is 0. The van der Waals surface area contributed by atoms with Gasteiger partial charge < -0.3 is 9.72 Å². The molecule has 15 heavy (non-hydrogen) atoms. The van der Waals surface area contributed by atoms with E-state index in [9.17, 15) is 0 Å². The molecule has 1 fully saturated rings. The predicted octanol–water partition coefficient (Wildman–Crippen LogP) is 1.93. The van der Waals surface area contributed by atoms with Gasteiger partial charge in [-0.2, -0.15) is 0 Å². The van der Waals surface area contributed by atoms with Crippen LogP contribution in [0, 0.1) is 0 Å². The average molecular weight is 201 g/mol. The second-order valence-corrected chi connectivity index (χ2v) is 4.18. The molecule has 78 valence electrons. The summed E-state index contributed by atoms with van der Waals surface area (Å²) in [4.78, 5) is 4.74. The van der Waals surface area contributed by atoms with E-state index in [0.717, 1.165) is 6.54 Å². The van der Waals surface area contributed by atoms with E-state index >= 15 is 0 Å². The average Bonchev–Trinajstić information content (AvgIpc) is 3.04. The molecule has 1 saturated carbocycles. The Hall–Kier alpha value is -1.35. The zero-order valence-corrected chi connectivity index (χ0v) is 8.90. The van der Waals surface area contributed by atoms with Gasteiger partial charge in [0, 0.05) is 18.7 Å². The number of nitrogens with one attached hydrogen (secondary N) is 1. The lowest BCUT2D eigenvalue weighted by atomic mass is 10.3. The number of imidazole rings is 1. The Morgan fingerprint density at radius 2 is 2.33 bits per heavy atom. The van der Waals surface area contributed by atoms with E-state index in [4.69, 9.17) is 4.98 Å². The highest BCUT2D eigenvalue weighted by molar-refractivity contribution is 5.53. The fourth-order valence-corrected chi connectivity index (χ4v) is 2.05. The van der Waals surface area contributed by atoms with Gasteiger partial charge in [-0.1, -0.05) is 6.07 Å². The van der Waals surface area contributed by atoms with E-state index < -0.39 is 0 Å². The second kappa shape index (κ2) is 3.35. The lowest BCUT2D eigenvalue weighted by Crippen LogP contribution is -2.05. The molecule has 0 spiro atoms. The summed E-state index contributed by atoms with van der Waals surface area (Å²) in [6.07, 6.45) is 4.72. The number of pyridine rings is 1. The van der Waals surface area contributed by atoms with Crippen molar-refractivity contribution in [3.63, 3.8) is 0 Å². The summed E-state index contributed by atoms with van der Waals surface area (Å²) < 4.78 is 2.24. The first-order valence-electron chi connectivity index (χ1n) is 5.50. The van der Waals surface area contributed by atoms with Gasteiger partial charge in [0.2, 0.25) is 0 Å². The normalized spacial score (nSPS) is 16.1. The van der Waals surface area contributed by atoms with Gasteiger partial charge in [-0.05, 0) is 32.0 Å². The van der Waals surface area contributed by atoms with Gasteiger partial charge in [-0.3, -0.25) is 0 Å². The maximum Gasteiger partial charge on any atom is 0.116 e. The molecule has 0 bridgehead atoms. The first-order valence-corrected chi connectivity index (χ1v) is 5.50. The Kier molecular flexibility index (Phi) is 1.99. The maximum absolute atomic E-state index is 4.74. The highest BCUT2D eigenvalue weighted by Crippen LogP contribution is 2.39. The molecular formula is C12H15N3.